The van der Waals surface area contributed by atoms with Gasteiger partial charge in [0, 0.05) is 12.7 Å². The first-order chi connectivity index (χ1) is 8.79. The maximum absolute atomic E-state index is 11.2. The average Bonchev–Trinajstić information content (AvgIpc) is 2.88. The van der Waals surface area contributed by atoms with Crippen LogP contribution in [0, 0.1) is 0 Å². The minimum absolute atomic E-state index is 0.205. The number of nitrogens with zero attached hydrogens (tertiary/aromatic N) is 2. The Morgan fingerprint density at radius 3 is 3.00 bits per heavy atom. The van der Waals surface area contributed by atoms with Gasteiger partial charge in [-0.3, -0.25) is 0 Å². The second-order valence-corrected chi connectivity index (χ2v) is 3.56. The lowest BCUT2D eigenvalue weighted by molar-refractivity contribution is 0.0563. The van der Waals surface area contributed by atoms with E-state index >= 15 is 0 Å². The molecule has 0 fully saturated rings. The number of methoxy groups -OCH3 is 1. The third-order valence-electron chi connectivity index (χ3n) is 2.30. The second-order valence-electron chi connectivity index (χ2n) is 3.56. The number of rotatable bonds is 5. The van der Waals surface area contributed by atoms with E-state index in [1.165, 1.54) is 13.4 Å². The summed E-state index contributed by atoms with van der Waals surface area (Å²) in [6.45, 7) is 1.12. The maximum atomic E-state index is 11.2. The van der Waals surface area contributed by atoms with Crippen molar-refractivity contribution >= 4 is 5.97 Å². The highest BCUT2D eigenvalue weighted by Gasteiger charge is 2.10. The highest BCUT2D eigenvalue weighted by atomic mass is 16.5. The first-order valence-corrected chi connectivity index (χ1v) is 5.42. The van der Waals surface area contributed by atoms with Crippen LogP contribution in [-0.2, 0) is 17.8 Å². The molecule has 2 aromatic rings. The van der Waals surface area contributed by atoms with Crippen molar-refractivity contribution in [3.8, 4) is 0 Å². The number of furan rings is 1. The molecule has 94 valence electrons. The van der Waals surface area contributed by atoms with E-state index in [2.05, 4.69) is 20.0 Å². The number of nitrogens with one attached hydrogen (secondary N) is 1. The molecule has 6 nitrogen and oxygen atoms in total. The summed E-state index contributed by atoms with van der Waals surface area (Å²) in [6.07, 6.45) is 3.19. The summed E-state index contributed by atoms with van der Waals surface area (Å²) >= 11 is 0. The van der Waals surface area contributed by atoms with Crippen LogP contribution in [0.25, 0.3) is 0 Å². The molecule has 2 rings (SSSR count). The fourth-order valence-electron chi connectivity index (χ4n) is 1.42. The smallest absolute Gasteiger partial charge is 0.373 e. The van der Waals surface area contributed by atoms with Crippen molar-refractivity contribution in [2.75, 3.05) is 7.11 Å². The molecule has 0 spiro atoms. The van der Waals surface area contributed by atoms with Gasteiger partial charge < -0.3 is 14.5 Å². The van der Waals surface area contributed by atoms with Crippen molar-refractivity contribution in [2.45, 2.75) is 13.1 Å². The molecule has 2 aromatic heterocycles. The van der Waals surface area contributed by atoms with Crippen LogP contribution in [-0.4, -0.2) is 23.0 Å². The Hall–Kier alpha value is -2.21. The van der Waals surface area contributed by atoms with E-state index in [-0.39, 0.29) is 5.76 Å². The predicted molar refractivity (Wildman–Crippen MR) is 62.6 cm³/mol. The van der Waals surface area contributed by atoms with E-state index in [1.54, 1.807) is 18.3 Å². The molecule has 6 heteroatoms. The van der Waals surface area contributed by atoms with Crippen LogP contribution in [0.4, 0.5) is 0 Å². The summed E-state index contributed by atoms with van der Waals surface area (Å²) in [5.74, 6) is 0.401. The van der Waals surface area contributed by atoms with Crippen molar-refractivity contribution in [2.24, 2.45) is 0 Å². The number of carbonyl (C=O) groups is 1. The van der Waals surface area contributed by atoms with Gasteiger partial charge in [-0.2, -0.15) is 0 Å². The van der Waals surface area contributed by atoms with E-state index in [0.29, 0.717) is 18.8 Å². The van der Waals surface area contributed by atoms with E-state index < -0.39 is 5.97 Å². The van der Waals surface area contributed by atoms with Crippen molar-refractivity contribution < 1.29 is 13.9 Å². The Balaban J connectivity index is 1.84. The zero-order chi connectivity index (χ0) is 12.8. The van der Waals surface area contributed by atoms with Gasteiger partial charge in [0.05, 0.1) is 19.3 Å². The summed E-state index contributed by atoms with van der Waals surface area (Å²) in [5, 5.41) is 3.15. The number of hydrogen-bond acceptors (Lipinski definition) is 6. The van der Waals surface area contributed by atoms with Gasteiger partial charge >= 0.3 is 5.97 Å². The van der Waals surface area contributed by atoms with E-state index in [9.17, 15) is 4.79 Å². The summed E-state index contributed by atoms with van der Waals surface area (Å²) in [5.41, 5.74) is 0.893. The second kappa shape index (κ2) is 5.92. The Morgan fingerprint density at radius 1 is 1.39 bits per heavy atom. The van der Waals surface area contributed by atoms with Crippen molar-refractivity contribution in [3.63, 3.8) is 0 Å². The molecular formula is C12H13N3O3. The van der Waals surface area contributed by atoms with Crippen LogP contribution >= 0.6 is 0 Å². The first-order valence-electron chi connectivity index (χ1n) is 5.42. The monoisotopic (exact) mass is 247 g/mol. The van der Waals surface area contributed by atoms with Crippen molar-refractivity contribution in [3.05, 3.63) is 47.9 Å². The molecule has 1 N–H and O–H groups in total. The van der Waals surface area contributed by atoms with Gasteiger partial charge in [0.2, 0.25) is 5.76 Å². The summed E-state index contributed by atoms with van der Waals surface area (Å²) in [6, 6.07) is 5.15. The third-order valence-corrected chi connectivity index (χ3v) is 2.30. The first kappa shape index (κ1) is 12.3. The van der Waals surface area contributed by atoms with Gasteiger partial charge in [-0.15, -0.1) is 0 Å². The van der Waals surface area contributed by atoms with Gasteiger partial charge in [0.25, 0.3) is 0 Å². The fourth-order valence-corrected chi connectivity index (χ4v) is 1.42. The number of carbonyl (C=O) groups excluding carboxylic acids is 1. The lowest BCUT2D eigenvalue weighted by Gasteiger charge is -2.01. The lowest BCUT2D eigenvalue weighted by atomic mass is 10.4. The number of aromatic nitrogens is 2. The van der Waals surface area contributed by atoms with Crippen LogP contribution in [0.1, 0.15) is 22.0 Å². The van der Waals surface area contributed by atoms with Crippen LogP contribution in [0.3, 0.4) is 0 Å². The lowest BCUT2D eigenvalue weighted by Crippen LogP contribution is -2.13. The Morgan fingerprint density at radius 2 is 2.28 bits per heavy atom. The quantitative estimate of drug-likeness (QED) is 0.798. The predicted octanol–water partition coefficient (Wildman–Crippen LogP) is 1.15. The molecule has 0 saturated heterocycles. The SMILES string of the molecule is COC(=O)c1ccc(CNCc2ccncn2)o1. The number of esters is 1. The molecule has 0 bridgehead atoms. The third kappa shape index (κ3) is 3.14. The van der Waals surface area contributed by atoms with Crippen LogP contribution < -0.4 is 5.32 Å². The summed E-state index contributed by atoms with van der Waals surface area (Å²) < 4.78 is 9.86. The van der Waals surface area contributed by atoms with Gasteiger partial charge in [0.15, 0.2) is 0 Å². The van der Waals surface area contributed by atoms with Gasteiger partial charge in [-0.05, 0) is 18.2 Å². The molecule has 18 heavy (non-hydrogen) atoms. The van der Waals surface area contributed by atoms with Gasteiger partial charge in [-0.1, -0.05) is 0 Å². The Kier molecular flexibility index (Phi) is 4.03. The zero-order valence-electron chi connectivity index (χ0n) is 9.92. The standard InChI is InChI=1S/C12H13N3O3/c1-17-12(16)11-3-2-10(18-11)7-14-6-9-4-5-13-8-15-9/h2-5,8,14H,6-7H2,1H3. The Bertz CT molecular complexity index is 510. The highest BCUT2D eigenvalue weighted by molar-refractivity contribution is 5.86. The molecule has 2 heterocycles. The molecule has 0 aliphatic carbocycles. The molecule has 0 amide bonds. The van der Waals surface area contributed by atoms with Crippen LogP contribution in [0.2, 0.25) is 0 Å². The molecule has 0 aliphatic rings. The summed E-state index contributed by atoms with van der Waals surface area (Å²) in [7, 11) is 1.32. The fraction of sp³-hybridized carbons (Fsp3) is 0.250. The average molecular weight is 247 g/mol. The van der Waals surface area contributed by atoms with E-state index in [1.807, 2.05) is 6.07 Å². The topological polar surface area (TPSA) is 77.2 Å². The number of hydrogen-bond donors (Lipinski definition) is 1. The molecule has 0 radical (unpaired) electrons. The molecule has 0 saturated carbocycles. The Labute approximate surface area is 104 Å². The van der Waals surface area contributed by atoms with Crippen LogP contribution in [0.15, 0.2) is 35.1 Å². The van der Waals surface area contributed by atoms with Crippen molar-refractivity contribution in [1.82, 2.24) is 15.3 Å². The maximum Gasteiger partial charge on any atom is 0.373 e. The van der Waals surface area contributed by atoms with Gasteiger partial charge in [-0.25, -0.2) is 14.8 Å². The molecular weight excluding hydrogens is 234 g/mol. The molecule has 0 aliphatic heterocycles. The number of ether oxygens (including phenoxy) is 1. The van der Waals surface area contributed by atoms with E-state index in [0.717, 1.165) is 5.69 Å². The highest BCUT2D eigenvalue weighted by Crippen LogP contribution is 2.08. The molecule has 0 aromatic carbocycles. The summed E-state index contributed by atoms with van der Waals surface area (Å²) in [4.78, 5) is 19.1. The van der Waals surface area contributed by atoms with Gasteiger partial charge in [0.1, 0.15) is 12.1 Å². The van der Waals surface area contributed by atoms with Crippen LogP contribution in [0.5, 0.6) is 0 Å². The zero-order valence-corrected chi connectivity index (χ0v) is 9.92. The molecule has 0 atom stereocenters. The normalized spacial score (nSPS) is 10.3. The van der Waals surface area contributed by atoms with Crippen molar-refractivity contribution in [1.29, 1.82) is 0 Å². The largest absolute Gasteiger partial charge is 0.463 e. The minimum atomic E-state index is -0.475. The van der Waals surface area contributed by atoms with E-state index in [4.69, 9.17) is 4.42 Å². The molecule has 0 unspecified atom stereocenters. The minimum Gasteiger partial charge on any atom is -0.463 e.